The van der Waals surface area contributed by atoms with Gasteiger partial charge in [-0.1, -0.05) is 0 Å². The van der Waals surface area contributed by atoms with Crippen LogP contribution in [0, 0.1) is 5.82 Å². The van der Waals surface area contributed by atoms with E-state index in [1.54, 1.807) is 0 Å². The monoisotopic (exact) mass is 227 g/mol. The Kier molecular flexibility index (Phi) is 2.79. The quantitative estimate of drug-likeness (QED) is 0.589. The van der Waals surface area contributed by atoms with Crippen LogP contribution in [0.1, 0.15) is 0 Å². The van der Waals surface area contributed by atoms with E-state index >= 15 is 0 Å². The molecule has 0 aliphatic carbocycles. The zero-order valence-electron chi connectivity index (χ0n) is 6.64. The topological polar surface area (TPSA) is 43.1 Å². The lowest BCUT2D eigenvalue weighted by Crippen LogP contribution is -2.16. The number of anilines is 1. The molecule has 0 aliphatic heterocycles. The number of alkyl halides is 3. The molecule has 14 heavy (non-hydrogen) atoms. The summed E-state index contributed by atoms with van der Waals surface area (Å²) in [6, 6.07) is 2.21. The van der Waals surface area contributed by atoms with Crippen molar-refractivity contribution in [3.63, 3.8) is 0 Å². The van der Waals surface area contributed by atoms with Gasteiger partial charge in [-0.3, -0.25) is 0 Å². The molecule has 1 aromatic rings. The molecule has 1 aromatic carbocycles. The van der Waals surface area contributed by atoms with Gasteiger partial charge < -0.3 is 5.73 Å². The van der Waals surface area contributed by atoms with Crippen molar-refractivity contribution in [3.05, 3.63) is 24.0 Å². The molecule has 0 amide bonds. The fraction of sp³-hybridized carbons (Fsp3) is 0.143. The van der Waals surface area contributed by atoms with E-state index in [0.717, 1.165) is 12.1 Å². The van der Waals surface area contributed by atoms with Crippen molar-refractivity contribution in [1.29, 1.82) is 0 Å². The zero-order chi connectivity index (χ0) is 10.9. The van der Waals surface area contributed by atoms with Crippen molar-refractivity contribution in [2.24, 2.45) is 0 Å². The maximum Gasteiger partial charge on any atom is 0.475 e. The summed E-state index contributed by atoms with van der Waals surface area (Å²) in [5.41, 5.74) is -0.000500. The van der Waals surface area contributed by atoms with Crippen molar-refractivity contribution in [2.75, 3.05) is 5.73 Å². The maximum atomic E-state index is 12.6. The van der Waals surface area contributed by atoms with E-state index in [4.69, 9.17) is 5.73 Å². The number of hydrogen-bond acceptors (Lipinski definition) is 2. The summed E-state index contributed by atoms with van der Waals surface area (Å²) in [7, 11) is -3.24. The highest BCUT2D eigenvalue weighted by atomic mass is 32.2. The summed E-state index contributed by atoms with van der Waals surface area (Å²) in [6.07, 6.45) is 0. The summed E-state index contributed by atoms with van der Waals surface area (Å²) in [5.74, 6) is -0.947. The smallest absolute Gasteiger partial charge is 0.399 e. The maximum absolute atomic E-state index is 12.6. The molecule has 0 spiro atoms. The second kappa shape index (κ2) is 3.56. The Morgan fingerprint density at radius 3 is 2.21 bits per heavy atom. The van der Waals surface area contributed by atoms with Crippen LogP contribution in [-0.2, 0) is 10.8 Å². The average Bonchev–Trinajstić information content (AvgIpc) is 1.99. The molecule has 78 valence electrons. The first-order valence-corrected chi connectivity index (χ1v) is 4.50. The molecule has 1 atom stereocenters. The van der Waals surface area contributed by atoms with Crippen molar-refractivity contribution in [2.45, 2.75) is 10.4 Å². The average molecular weight is 227 g/mol. The molecule has 2 N–H and O–H groups in total. The van der Waals surface area contributed by atoms with Gasteiger partial charge in [-0.05, 0) is 18.2 Å². The normalized spacial score (nSPS) is 14.0. The molecule has 2 nitrogen and oxygen atoms in total. The van der Waals surface area contributed by atoms with Crippen LogP contribution in [0.5, 0.6) is 0 Å². The number of hydrogen-bond donors (Lipinski definition) is 1. The molecule has 0 fully saturated rings. The van der Waals surface area contributed by atoms with E-state index in [9.17, 15) is 21.8 Å². The Labute approximate surface area is 79.2 Å². The van der Waals surface area contributed by atoms with E-state index in [-0.39, 0.29) is 5.69 Å². The Hall–Kier alpha value is -1.11. The molecule has 0 bridgehead atoms. The number of rotatable bonds is 1. The van der Waals surface area contributed by atoms with E-state index < -0.39 is 27.0 Å². The highest BCUT2D eigenvalue weighted by molar-refractivity contribution is 7.86. The fourth-order valence-corrected chi connectivity index (χ4v) is 1.56. The van der Waals surface area contributed by atoms with Crippen molar-refractivity contribution >= 4 is 16.5 Å². The van der Waals surface area contributed by atoms with Crippen LogP contribution < -0.4 is 5.73 Å². The van der Waals surface area contributed by atoms with Gasteiger partial charge in [-0.25, -0.2) is 8.60 Å². The molecule has 1 rings (SSSR count). The number of benzene rings is 1. The molecule has 0 saturated heterocycles. The minimum atomic E-state index is -4.90. The first-order chi connectivity index (χ1) is 6.30. The Morgan fingerprint density at radius 1 is 1.21 bits per heavy atom. The molecule has 7 heteroatoms. The van der Waals surface area contributed by atoms with E-state index in [1.165, 1.54) is 0 Å². The Bertz CT molecular complexity index is 356. The van der Waals surface area contributed by atoms with Crippen LogP contribution in [0.2, 0.25) is 0 Å². The SMILES string of the molecule is Nc1cc(F)cc(S(=O)C(F)(F)F)c1. The van der Waals surface area contributed by atoms with Crippen LogP contribution in [0.15, 0.2) is 23.1 Å². The largest absolute Gasteiger partial charge is 0.475 e. The minimum absolute atomic E-state index is 0.197. The van der Waals surface area contributed by atoms with Gasteiger partial charge in [0.25, 0.3) is 0 Å². The predicted molar refractivity (Wildman–Crippen MR) is 43.3 cm³/mol. The van der Waals surface area contributed by atoms with Crippen LogP contribution in [-0.4, -0.2) is 9.72 Å². The van der Waals surface area contributed by atoms with Crippen molar-refractivity contribution < 1.29 is 21.8 Å². The Balaban J connectivity index is 3.14. The molecule has 0 aliphatic rings. The van der Waals surface area contributed by atoms with Gasteiger partial charge in [-0.2, -0.15) is 13.2 Å². The standard InChI is InChI=1S/C7H5F4NOS/c8-4-1-5(12)3-6(2-4)14(13)7(9,10)11/h1-3H,12H2. The van der Waals surface area contributed by atoms with Gasteiger partial charge in [0.15, 0.2) is 10.8 Å². The Morgan fingerprint density at radius 2 is 1.79 bits per heavy atom. The van der Waals surface area contributed by atoms with Gasteiger partial charge in [0, 0.05) is 5.69 Å². The lowest BCUT2D eigenvalue weighted by molar-refractivity contribution is -0.0384. The van der Waals surface area contributed by atoms with Crippen LogP contribution in [0.4, 0.5) is 23.2 Å². The number of nitrogens with two attached hydrogens (primary N) is 1. The van der Waals surface area contributed by atoms with Crippen LogP contribution in [0.3, 0.4) is 0 Å². The van der Waals surface area contributed by atoms with Gasteiger partial charge in [0.2, 0.25) is 0 Å². The molecule has 0 heterocycles. The molecule has 0 aromatic heterocycles. The molecular formula is C7H5F4NOS. The lowest BCUT2D eigenvalue weighted by atomic mass is 10.3. The summed E-state index contributed by atoms with van der Waals surface area (Å²) in [6.45, 7) is 0. The van der Waals surface area contributed by atoms with E-state index in [2.05, 4.69) is 0 Å². The summed E-state index contributed by atoms with van der Waals surface area (Å²) in [5, 5.41) is 0. The summed E-state index contributed by atoms with van der Waals surface area (Å²) >= 11 is 0. The third kappa shape index (κ3) is 2.44. The highest BCUT2D eigenvalue weighted by Gasteiger charge is 2.38. The van der Waals surface area contributed by atoms with E-state index in [0.29, 0.717) is 6.07 Å². The van der Waals surface area contributed by atoms with Gasteiger partial charge >= 0.3 is 5.51 Å². The van der Waals surface area contributed by atoms with Gasteiger partial charge in [0.05, 0.1) is 4.90 Å². The first kappa shape index (κ1) is 11.0. The number of halogens is 4. The van der Waals surface area contributed by atoms with Crippen molar-refractivity contribution in [1.82, 2.24) is 0 Å². The predicted octanol–water partition coefficient (Wildman–Crippen LogP) is 2.04. The van der Waals surface area contributed by atoms with E-state index in [1.807, 2.05) is 0 Å². The van der Waals surface area contributed by atoms with Crippen LogP contribution in [0.25, 0.3) is 0 Å². The third-order valence-corrected chi connectivity index (χ3v) is 2.40. The molecular weight excluding hydrogens is 222 g/mol. The van der Waals surface area contributed by atoms with Gasteiger partial charge in [-0.15, -0.1) is 0 Å². The molecule has 0 saturated carbocycles. The molecule has 1 unspecified atom stereocenters. The lowest BCUT2D eigenvalue weighted by Gasteiger charge is -2.06. The summed E-state index contributed by atoms with van der Waals surface area (Å²) in [4.78, 5) is -0.685. The second-order valence-electron chi connectivity index (χ2n) is 2.43. The van der Waals surface area contributed by atoms with Crippen LogP contribution >= 0.6 is 0 Å². The third-order valence-electron chi connectivity index (χ3n) is 1.32. The minimum Gasteiger partial charge on any atom is -0.399 e. The number of nitrogen functional groups attached to an aromatic ring is 1. The van der Waals surface area contributed by atoms with Crippen molar-refractivity contribution in [3.8, 4) is 0 Å². The molecule has 0 radical (unpaired) electrons. The first-order valence-electron chi connectivity index (χ1n) is 3.35. The summed E-state index contributed by atoms with van der Waals surface area (Å²) < 4.78 is 59.1. The second-order valence-corrected chi connectivity index (χ2v) is 3.91. The highest BCUT2D eigenvalue weighted by Crippen LogP contribution is 2.27. The van der Waals surface area contributed by atoms with Gasteiger partial charge in [0.1, 0.15) is 5.82 Å². The zero-order valence-corrected chi connectivity index (χ0v) is 7.45. The fourth-order valence-electron chi connectivity index (χ4n) is 0.825.